The Balaban J connectivity index is 0.00000256. The van der Waals surface area contributed by atoms with Gasteiger partial charge in [-0.3, -0.25) is 0 Å². The van der Waals surface area contributed by atoms with Gasteiger partial charge in [-0.25, -0.2) is 0 Å². The molecule has 0 radical (unpaired) electrons. The third-order valence-electron chi connectivity index (χ3n) is 5.58. The quantitative estimate of drug-likeness (QED) is 0.540. The minimum Gasteiger partial charge on any atom is -0.368 e. The number of rotatable bonds is 6. The monoisotopic (exact) mass is 468 g/mol. The van der Waals surface area contributed by atoms with Crippen LogP contribution in [0.1, 0.15) is 26.7 Å². The first-order valence-electron chi connectivity index (χ1n) is 10.4. The lowest BCUT2D eigenvalue weighted by Gasteiger charge is -2.37. The van der Waals surface area contributed by atoms with E-state index in [0.717, 1.165) is 44.0 Å². The summed E-state index contributed by atoms with van der Waals surface area (Å²) < 4.78 is 5.56. The zero-order valence-electron chi connectivity index (χ0n) is 17.5. The Morgan fingerprint density at radius 3 is 2.50 bits per heavy atom. The molecule has 30 heavy (non-hydrogen) atoms. The van der Waals surface area contributed by atoms with Crippen LogP contribution in [0.2, 0.25) is 5.02 Å². The topological polar surface area (TPSA) is 35.9 Å². The van der Waals surface area contributed by atoms with E-state index >= 15 is 0 Å². The second kappa shape index (κ2) is 10.6. The minimum absolute atomic E-state index is 0. The van der Waals surface area contributed by atoms with E-state index in [1.165, 1.54) is 21.2 Å². The van der Waals surface area contributed by atoms with E-state index in [9.17, 15) is 5.11 Å². The lowest BCUT2D eigenvalue weighted by atomic mass is 10.0. The molecule has 0 aliphatic carbocycles. The highest BCUT2D eigenvalue weighted by atomic mass is 35.5. The molecule has 0 spiro atoms. The molecule has 2 aromatic carbocycles. The molecular formula is C23H30Cl2N2O2S. The summed E-state index contributed by atoms with van der Waals surface area (Å²) in [5.74, 6) is 0.507. The van der Waals surface area contributed by atoms with Crippen LogP contribution in [0.4, 0.5) is 11.4 Å². The van der Waals surface area contributed by atoms with E-state index in [2.05, 4.69) is 53.1 Å². The number of para-hydroxylation sites is 1. The highest BCUT2D eigenvalue weighted by molar-refractivity contribution is 7.99. The van der Waals surface area contributed by atoms with Crippen LogP contribution in [-0.4, -0.2) is 48.6 Å². The Bertz CT molecular complexity index is 844. The van der Waals surface area contributed by atoms with Gasteiger partial charge in [0, 0.05) is 41.0 Å². The van der Waals surface area contributed by atoms with Gasteiger partial charge in [-0.05, 0) is 56.0 Å². The van der Waals surface area contributed by atoms with Crippen molar-refractivity contribution < 1.29 is 9.84 Å². The smallest absolute Gasteiger partial charge is 0.152 e. The maximum Gasteiger partial charge on any atom is 0.152 e. The SMILES string of the molecule is CC(CN1CCC(OC(C)O)CC1)CN1c2ccccc2Sc2ccc(Cl)cc21.Cl. The van der Waals surface area contributed by atoms with E-state index in [0.29, 0.717) is 5.92 Å². The number of ether oxygens (including phenoxy) is 1. The van der Waals surface area contributed by atoms with Crippen LogP contribution in [0.5, 0.6) is 0 Å². The van der Waals surface area contributed by atoms with Crippen molar-refractivity contribution in [2.24, 2.45) is 5.92 Å². The first-order valence-corrected chi connectivity index (χ1v) is 11.6. The van der Waals surface area contributed by atoms with Crippen molar-refractivity contribution in [2.45, 2.75) is 48.9 Å². The molecule has 1 fully saturated rings. The van der Waals surface area contributed by atoms with E-state index in [4.69, 9.17) is 16.3 Å². The van der Waals surface area contributed by atoms with E-state index in [1.807, 2.05) is 17.8 Å². The molecule has 2 atom stereocenters. The van der Waals surface area contributed by atoms with Crippen molar-refractivity contribution in [3.63, 3.8) is 0 Å². The molecule has 0 saturated carbocycles. The minimum atomic E-state index is -0.672. The third kappa shape index (κ3) is 5.64. The summed E-state index contributed by atoms with van der Waals surface area (Å²) in [5.41, 5.74) is 2.47. The standard InChI is InChI=1S/C23H29ClN2O2S.ClH/c1-16(14-25-11-9-19(10-12-25)28-17(2)27)15-26-20-5-3-4-6-22(20)29-23-8-7-18(24)13-21(23)26;/h3-8,13,16-17,19,27H,9-12,14-15H2,1-2H3;1H. The molecule has 164 valence electrons. The van der Waals surface area contributed by atoms with Gasteiger partial charge < -0.3 is 19.6 Å². The number of hydrogen-bond donors (Lipinski definition) is 1. The molecule has 0 aromatic heterocycles. The van der Waals surface area contributed by atoms with Crippen LogP contribution in [-0.2, 0) is 4.74 Å². The van der Waals surface area contributed by atoms with Gasteiger partial charge in [0.1, 0.15) is 0 Å². The molecule has 2 aromatic rings. The second-order valence-electron chi connectivity index (χ2n) is 8.13. The van der Waals surface area contributed by atoms with Gasteiger partial charge in [0.15, 0.2) is 6.29 Å². The summed E-state index contributed by atoms with van der Waals surface area (Å²) >= 11 is 8.15. The van der Waals surface area contributed by atoms with Gasteiger partial charge in [0.2, 0.25) is 0 Å². The van der Waals surface area contributed by atoms with E-state index in [-0.39, 0.29) is 18.5 Å². The summed E-state index contributed by atoms with van der Waals surface area (Å²) in [6.07, 6.45) is 1.48. The van der Waals surface area contributed by atoms with Crippen molar-refractivity contribution in [3.8, 4) is 0 Å². The molecule has 2 aliphatic rings. The predicted molar refractivity (Wildman–Crippen MR) is 128 cm³/mol. The van der Waals surface area contributed by atoms with Crippen LogP contribution in [0.15, 0.2) is 52.3 Å². The number of fused-ring (bicyclic) bond motifs is 2. The molecule has 4 rings (SSSR count). The van der Waals surface area contributed by atoms with Crippen molar-refractivity contribution in [3.05, 3.63) is 47.5 Å². The summed E-state index contributed by atoms with van der Waals surface area (Å²) in [6, 6.07) is 14.8. The summed E-state index contributed by atoms with van der Waals surface area (Å²) in [7, 11) is 0. The lowest BCUT2D eigenvalue weighted by Crippen LogP contribution is -2.42. The fourth-order valence-corrected chi connectivity index (χ4v) is 5.56. The van der Waals surface area contributed by atoms with Crippen molar-refractivity contribution in [2.75, 3.05) is 31.1 Å². The van der Waals surface area contributed by atoms with Gasteiger partial charge in [0.05, 0.1) is 17.5 Å². The first kappa shape index (κ1) is 23.7. The third-order valence-corrected chi connectivity index (χ3v) is 6.94. The fraction of sp³-hybridized carbons (Fsp3) is 0.478. The Kier molecular flexibility index (Phi) is 8.36. The average Bonchev–Trinajstić information content (AvgIpc) is 2.69. The molecule has 4 nitrogen and oxygen atoms in total. The van der Waals surface area contributed by atoms with Gasteiger partial charge in [-0.2, -0.15) is 0 Å². The van der Waals surface area contributed by atoms with Crippen LogP contribution >= 0.6 is 35.8 Å². The van der Waals surface area contributed by atoms with Crippen LogP contribution in [0.25, 0.3) is 0 Å². The highest BCUT2D eigenvalue weighted by Crippen LogP contribution is 2.48. The van der Waals surface area contributed by atoms with Crippen LogP contribution in [0, 0.1) is 5.92 Å². The number of benzene rings is 2. The highest BCUT2D eigenvalue weighted by Gasteiger charge is 2.27. The maximum absolute atomic E-state index is 9.43. The molecule has 7 heteroatoms. The second-order valence-corrected chi connectivity index (χ2v) is 9.65. The molecule has 2 aliphatic heterocycles. The number of likely N-dealkylation sites (tertiary alicyclic amines) is 1. The molecule has 1 saturated heterocycles. The lowest BCUT2D eigenvalue weighted by molar-refractivity contribution is -0.136. The van der Waals surface area contributed by atoms with Gasteiger partial charge in [0.25, 0.3) is 0 Å². The predicted octanol–water partition coefficient (Wildman–Crippen LogP) is 5.82. The maximum atomic E-state index is 9.43. The Morgan fingerprint density at radius 1 is 1.07 bits per heavy atom. The largest absolute Gasteiger partial charge is 0.368 e. The number of halogens is 2. The number of piperidine rings is 1. The van der Waals surface area contributed by atoms with Crippen LogP contribution in [0.3, 0.4) is 0 Å². The zero-order chi connectivity index (χ0) is 20.4. The van der Waals surface area contributed by atoms with Crippen molar-refractivity contribution in [1.29, 1.82) is 0 Å². The number of anilines is 2. The van der Waals surface area contributed by atoms with Gasteiger partial charge in [-0.15, -0.1) is 12.4 Å². The summed E-state index contributed by atoms with van der Waals surface area (Å²) in [6.45, 7) is 8.07. The fourth-order valence-electron chi connectivity index (χ4n) is 4.32. The van der Waals surface area contributed by atoms with E-state index in [1.54, 1.807) is 6.92 Å². The average molecular weight is 469 g/mol. The number of aliphatic hydroxyl groups is 1. The van der Waals surface area contributed by atoms with E-state index < -0.39 is 6.29 Å². The van der Waals surface area contributed by atoms with Crippen molar-refractivity contribution >= 4 is 47.1 Å². The Morgan fingerprint density at radius 2 is 1.77 bits per heavy atom. The number of aliphatic hydroxyl groups excluding tert-OH is 1. The van der Waals surface area contributed by atoms with Gasteiger partial charge in [-0.1, -0.05) is 42.4 Å². The zero-order valence-corrected chi connectivity index (χ0v) is 19.8. The molecule has 1 N–H and O–H groups in total. The van der Waals surface area contributed by atoms with Crippen molar-refractivity contribution in [1.82, 2.24) is 4.90 Å². The summed E-state index contributed by atoms with van der Waals surface area (Å²) in [5, 5.41) is 10.2. The molecule has 2 unspecified atom stereocenters. The normalized spacial score (nSPS) is 18.9. The molecule has 0 bridgehead atoms. The summed E-state index contributed by atoms with van der Waals surface area (Å²) in [4.78, 5) is 7.51. The molecule has 2 heterocycles. The van der Waals surface area contributed by atoms with Crippen LogP contribution < -0.4 is 4.90 Å². The molecule has 0 amide bonds. The number of hydrogen-bond acceptors (Lipinski definition) is 5. The van der Waals surface area contributed by atoms with Gasteiger partial charge >= 0.3 is 0 Å². The number of nitrogens with zero attached hydrogens (tertiary/aromatic N) is 2. The first-order chi connectivity index (χ1) is 14.0. The Hall–Kier alpha value is -0.950. The Labute approximate surface area is 194 Å². The molecular weight excluding hydrogens is 439 g/mol.